The summed E-state index contributed by atoms with van der Waals surface area (Å²) >= 11 is 0. The van der Waals surface area contributed by atoms with Crippen LogP contribution in [0, 0.1) is 5.41 Å². The lowest BCUT2D eigenvalue weighted by Gasteiger charge is -2.20. The summed E-state index contributed by atoms with van der Waals surface area (Å²) in [5, 5.41) is 13.7. The van der Waals surface area contributed by atoms with Gasteiger partial charge in [-0.3, -0.25) is 4.79 Å². The van der Waals surface area contributed by atoms with Gasteiger partial charge in [-0.25, -0.2) is 9.78 Å². The second-order valence-electron chi connectivity index (χ2n) is 7.39. The van der Waals surface area contributed by atoms with Crippen molar-refractivity contribution in [1.29, 1.82) is 5.41 Å². The summed E-state index contributed by atoms with van der Waals surface area (Å²) in [6.07, 6.45) is 1.25. The summed E-state index contributed by atoms with van der Waals surface area (Å²) < 4.78 is 35.4. The molecule has 1 unspecified atom stereocenters. The van der Waals surface area contributed by atoms with Gasteiger partial charge < -0.3 is 25.5 Å². The number of aromatic nitrogens is 1. The van der Waals surface area contributed by atoms with E-state index in [1.54, 1.807) is 20.8 Å². The molecule has 1 heterocycles. The molecule has 0 aliphatic heterocycles. The third kappa shape index (κ3) is 7.90. The van der Waals surface area contributed by atoms with E-state index in [0.717, 1.165) is 0 Å². The Kier molecular flexibility index (Phi) is 7.62. The Labute approximate surface area is 180 Å². The van der Waals surface area contributed by atoms with Gasteiger partial charge >= 0.3 is 11.9 Å². The van der Waals surface area contributed by atoms with Crippen LogP contribution in [-0.2, 0) is 4.74 Å². The van der Waals surface area contributed by atoms with Gasteiger partial charge in [0, 0.05) is 17.4 Å². The number of benzene rings is 1. The van der Waals surface area contributed by atoms with Crippen molar-refractivity contribution in [3.8, 4) is 5.75 Å². The Bertz CT molecular complexity index is 957. The van der Waals surface area contributed by atoms with Crippen LogP contribution < -0.4 is 15.4 Å². The fourth-order valence-corrected chi connectivity index (χ4v) is 2.59. The lowest BCUT2D eigenvalue weighted by Crippen LogP contribution is -2.35. The van der Waals surface area contributed by atoms with E-state index in [2.05, 4.69) is 20.4 Å². The number of carbonyl (C=O) groups is 2. The minimum absolute atomic E-state index is 0.0466. The number of alkyl halides is 2. The van der Waals surface area contributed by atoms with Crippen molar-refractivity contribution in [2.75, 3.05) is 11.9 Å². The van der Waals surface area contributed by atoms with E-state index < -0.39 is 17.5 Å². The Morgan fingerprint density at radius 1 is 1.23 bits per heavy atom. The second kappa shape index (κ2) is 9.78. The number of aldehydes is 1. The van der Waals surface area contributed by atoms with Crippen LogP contribution >= 0.6 is 9.24 Å². The van der Waals surface area contributed by atoms with Crippen LogP contribution in [0.25, 0.3) is 0 Å². The van der Waals surface area contributed by atoms with E-state index >= 15 is 0 Å². The molecule has 0 aliphatic carbocycles. The number of rotatable bonds is 8. The van der Waals surface area contributed by atoms with E-state index in [4.69, 9.17) is 10.1 Å². The van der Waals surface area contributed by atoms with E-state index in [1.807, 2.05) is 0 Å². The first-order valence-corrected chi connectivity index (χ1v) is 9.67. The first-order valence-electron chi connectivity index (χ1n) is 9.09. The average molecular weight is 452 g/mol. The maximum atomic E-state index is 12.9. The van der Waals surface area contributed by atoms with Crippen molar-refractivity contribution in [2.45, 2.75) is 32.2 Å². The Balaban J connectivity index is 2.19. The van der Waals surface area contributed by atoms with Gasteiger partial charge in [-0.15, -0.1) is 0 Å². The summed E-state index contributed by atoms with van der Waals surface area (Å²) in [5.41, 5.74) is 0.0640. The molecule has 1 amide bonds. The van der Waals surface area contributed by atoms with Crippen LogP contribution in [-0.4, -0.2) is 41.1 Å². The molecule has 8 nitrogen and oxygen atoms in total. The number of hydrogen-bond donors (Lipinski definition) is 3. The molecule has 0 fully saturated rings. The zero-order valence-corrected chi connectivity index (χ0v) is 18.3. The SMILES string of the molecule is CC(C)(C)OC(=O)NCC(=N)c1c(C=O)ccnc1Nc1ccc(OC(F)(F)P)cc1. The van der Waals surface area contributed by atoms with Gasteiger partial charge in [0.2, 0.25) is 0 Å². The van der Waals surface area contributed by atoms with Gasteiger partial charge in [0.15, 0.2) is 6.29 Å². The number of ether oxygens (including phenoxy) is 2. The number of nitrogens with one attached hydrogen (secondary N) is 3. The number of nitrogens with zero attached hydrogens (tertiary/aromatic N) is 1. The molecule has 3 N–H and O–H groups in total. The number of halogens is 2. The highest BCUT2D eigenvalue weighted by Crippen LogP contribution is 2.29. The lowest BCUT2D eigenvalue weighted by molar-refractivity contribution is -0.0892. The molecule has 0 spiro atoms. The summed E-state index contributed by atoms with van der Waals surface area (Å²) in [7, 11) is 1.28. The monoisotopic (exact) mass is 452 g/mol. The van der Waals surface area contributed by atoms with E-state index in [9.17, 15) is 18.4 Å². The Morgan fingerprint density at radius 2 is 1.87 bits per heavy atom. The minimum Gasteiger partial charge on any atom is -0.444 e. The fraction of sp³-hybridized carbons (Fsp3) is 0.300. The summed E-state index contributed by atoms with van der Waals surface area (Å²) in [5.74, 6) is -3.25. The van der Waals surface area contributed by atoms with Gasteiger partial charge in [0.05, 0.1) is 17.8 Å². The molecule has 31 heavy (non-hydrogen) atoms. The maximum absolute atomic E-state index is 12.9. The van der Waals surface area contributed by atoms with Crippen molar-refractivity contribution in [2.24, 2.45) is 0 Å². The summed E-state index contributed by atoms with van der Waals surface area (Å²) in [6.45, 7) is 4.93. The first kappa shape index (κ1) is 24.1. The molecule has 1 atom stereocenters. The van der Waals surface area contributed by atoms with Crippen LogP contribution in [0.5, 0.6) is 5.75 Å². The van der Waals surface area contributed by atoms with E-state index in [0.29, 0.717) is 12.0 Å². The van der Waals surface area contributed by atoms with Crippen molar-refractivity contribution in [3.05, 3.63) is 47.7 Å². The summed E-state index contributed by atoms with van der Waals surface area (Å²) in [6, 6.07) is 7.06. The molecule has 2 aromatic rings. The zero-order valence-electron chi connectivity index (χ0n) is 17.2. The highest BCUT2D eigenvalue weighted by molar-refractivity contribution is 7.17. The van der Waals surface area contributed by atoms with Gasteiger partial charge in [0.25, 0.3) is 0 Å². The molecule has 2 rings (SSSR count). The quantitative estimate of drug-likeness (QED) is 0.312. The third-order valence-electron chi connectivity index (χ3n) is 3.59. The minimum atomic E-state index is -3.39. The van der Waals surface area contributed by atoms with Gasteiger partial charge in [-0.1, -0.05) is 0 Å². The predicted molar refractivity (Wildman–Crippen MR) is 116 cm³/mol. The third-order valence-corrected chi connectivity index (χ3v) is 3.71. The molecule has 0 saturated carbocycles. The molecule has 0 radical (unpaired) electrons. The predicted octanol–water partition coefficient (Wildman–Crippen LogP) is 4.33. The molecule has 166 valence electrons. The van der Waals surface area contributed by atoms with Crippen molar-refractivity contribution < 1.29 is 27.8 Å². The van der Waals surface area contributed by atoms with Crippen LogP contribution in [0.15, 0.2) is 36.5 Å². The number of carbonyl (C=O) groups excluding carboxylic acids is 2. The molecule has 1 aromatic heterocycles. The van der Waals surface area contributed by atoms with Crippen LogP contribution in [0.4, 0.5) is 25.1 Å². The zero-order chi connectivity index (χ0) is 23.2. The van der Waals surface area contributed by atoms with Crippen molar-refractivity contribution in [1.82, 2.24) is 10.3 Å². The number of anilines is 2. The van der Waals surface area contributed by atoms with Gasteiger partial charge in [0.1, 0.15) is 17.2 Å². The average Bonchev–Trinajstić information content (AvgIpc) is 2.65. The van der Waals surface area contributed by atoms with Crippen LogP contribution in [0.1, 0.15) is 36.7 Å². The molecule has 11 heteroatoms. The second-order valence-corrected chi connectivity index (χ2v) is 8.06. The van der Waals surface area contributed by atoms with E-state index in [1.165, 1.54) is 45.8 Å². The largest absolute Gasteiger partial charge is 0.444 e. The van der Waals surface area contributed by atoms with Gasteiger partial charge in [-0.2, -0.15) is 8.78 Å². The maximum Gasteiger partial charge on any atom is 0.408 e. The fourth-order valence-electron chi connectivity index (χ4n) is 2.45. The highest BCUT2D eigenvalue weighted by Gasteiger charge is 2.23. The Hall–Kier alpha value is -3.13. The number of hydrogen-bond acceptors (Lipinski definition) is 7. The first-order chi connectivity index (χ1) is 14.4. The molecule has 1 aromatic carbocycles. The highest BCUT2D eigenvalue weighted by atomic mass is 31.0. The lowest BCUT2D eigenvalue weighted by atomic mass is 10.0. The smallest absolute Gasteiger partial charge is 0.408 e. The molecular formula is C20H23F2N4O4P. The normalized spacial score (nSPS) is 11.4. The Morgan fingerprint density at radius 3 is 2.42 bits per heavy atom. The van der Waals surface area contributed by atoms with Crippen molar-refractivity contribution in [3.63, 3.8) is 0 Å². The standard InChI is InChI=1S/C20H23F2N4O4P/c1-19(2,3)30-18(28)25-10-15(23)16-12(11-27)8-9-24-17(16)26-13-4-6-14(7-5-13)29-20(21,22)31/h4-9,11,23H,10,31H2,1-3H3,(H,24,26)(H,25,28). The van der Waals surface area contributed by atoms with Gasteiger partial charge in [-0.05, 0) is 60.3 Å². The molecule has 0 bridgehead atoms. The van der Waals surface area contributed by atoms with Crippen LogP contribution in [0.3, 0.4) is 0 Å². The number of amides is 1. The number of alkyl carbamates (subject to hydrolysis) is 1. The van der Waals surface area contributed by atoms with E-state index in [-0.39, 0.29) is 35.0 Å². The topological polar surface area (TPSA) is 113 Å². The molecule has 0 aliphatic rings. The molecular weight excluding hydrogens is 429 g/mol. The van der Waals surface area contributed by atoms with Crippen LogP contribution in [0.2, 0.25) is 0 Å². The molecule has 0 saturated heterocycles. The van der Waals surface area contributed by atoms with Crippen molar-refractivity contribution >= 4 is 38.8 Å². The number of pyridine rings is 1. The summed E-state index contributed by atoms with van der Waals surface area (Å²) in [4.78, 5) is 27.5.